The molecule has 0 bridgehead atoms. The summed E-state index contributed by atoms with van der Waals surface area (Å²) in [4.78, 5) is 18.8. The number of pyridine rings is 1. The van der Waals surface area contributed by atoms with Crippen molar-refractivity contribution in [1.29, 1.82) is 0 Å². The monoisotopic (exact) mass is 560 g/mol. The number of nitrogens with zero attached hydrogens (tertiary/aromatic N) is 5. The molecule has 218 valence electrons. The first-order valence-electron chi connectivity index (χ1n) is 14.4. The van der Waals surface area contributed by atoms with E-state index in [4.69, 9.17) is 14.2 Å². The van der Waals surface area contributed by atoms with Crippen LogP contribution in [0.3, 0.4) is 0 Å². The van der Waals surface area contributed by atoms with E-state index in [1.54, 1.807) is 14.2 Å². The Bertz CT molecular complexity index is 1540. The summed E-state index contributed by atoms with van der Waals surface area (Å²) < 4.78 is 18.7. The smallest absolute Gasteiger partial charge is 0.252 e. The number of hydrogen-bond acceptors (Lipinski definition) is 8. The minimum Gasteiger partial charge on any atom is -0.493 e. The molecule has 0 spiro atoms. The van der Waals surface area contributed by atoms with E-state index in [0.29, 0.717) is 31.1 Å². The lowest BCUT2D eigenvalue weighted by molar-refractivity contribution is 0.0893. The van der Waals surface area contributed by atoms with Gasteiger partial charge in [-0.25, -0.2) is 4.68 Å². The van der Waals surface area contributed by atoms with Gasteiger partial charge in [0, 0.05) is 30.6 Å². The van der Waals surface area contributed by atoms with Gasteiger partial charge in [0.05, 0.1) is 38.4 Å². The normalized spacial score (nSPS) is 16.0. The van der Waals surface area contributed by atoms with E-state index in [1.807, 2.05) is 35.9 Å². The molecule has 5 rings (SSSR count). The third kappa shape index (κ3) is 6.28. The van der Waals surface area contributed by atoms with Gasteiger partial charge in [0.1, 0.15) is 0 Å². The van der Waals surface area contributed by atoms with Crippen molar-refractivity contribution in [2.45, 2.75) is 71.7 Å². The number of fused-ring (bicyclic) bond motifs is 1. The molecule has 4 aromatic rings. The number of benzene rings is 2. The lowest BCUT2D eigenvalue weighted by atomic mass is 10.0. The van der Waals surface area contributed by atoms with E-state index in [1.165, 1.54) is 0 Å². The van der Waals surface area contributed by atoms with E-state index in [0.717, 1.165) is 71.3 Å². The average Bonchev–Trinajstić information content (AvgIpc) is 3.67. The molecule has 1 saturated heterocycles. The fourth-order valence-corrected chi connectivity index (χ4v) is 5.77. The predicted octanol–water partition coefficient (Wildman–Crippen LogP) is 4.52. The van der Waals surface area contributed by atoms with Gasteiger partial charge in [0.15, 0.2) is 17.3 Å². The number of nitrogens with one attached hydrogen (secondary N) is 1. The Kier molecular flexibility index (Phi) is 8.99. The van der Waals surface area contributed by atoms with E-state index in [9.17, 15) is 4.79 Å². The Morgan fingerprint density at radius 3 is 2.66 bits per heavy atom. The number of rotatable bonds is 12. The lowest BCUT2D eigenvalue weighted by Crippen LogP contribution is -2.34. The molecule has 2 aromatic heterocycles. The predicted molar refractivity (Wildman–Crippen MR) is 158 cm³/mol. The maximum Gasteiger partial charge on any atom is 0.252 e. The summed E-state index contributed by atoms with van der Waals surface area (Å²) in [5, 5.41) is 13.9. The van der Waals surface area contributed by atoms with Gasteiger partial charge >= 0.3 is 0 Å². The fourth-order valence-electron chi connectivity index (χ4n) is 5.77. The summed E-state index contributed by atoms with van der Waals surface area (Å²) in [6.45, 7) is 8.78. The van der Waals surface area contributed by atoms with Gasteiger partial charge in [0.25, 0.3) is 5.56 Å². The average molecular weight is 561 g/mol. The van der Waals surface area contributed by atoms with Crippen LogP contribution in [0.2, 0.25) is 0 Å². The van der Waals surface area contributed by atoms with Crippen molar-refractivity contribution in [3.05, 3.63) is 74.8 Å². The lowest BCUT2D eigenvalue weighted by Gasteiger charge is -2.30. The number of aromatic nitrogens is 5. The molecular weight excluding hydrogens is 520 g/mol. The second-order valence-corrected chi connectivity index (χ2v) is 10.8. The molecule has 10 nitrogen and oxygen atoms in total. The van der Waals surface area contributed by atoms with Gasteiger partial charge in [-0.1, -0.05) is 25.1 Å². The van der Waals surface area contributed by atoms with Gasteiger partial charge in [-0.05, 0) is 84.8 Å². The quantitative estimate of drug-likeness (QED) is 0.270. The van der Waals surface area contributed by atoms with Crippen LogP contribution in [-0.4, -0.2) is 63.6 Å². The molecule has 2 atom stereocenters. The highest BCUT2D eigenvalue weighted by atomic mass is 16.5. The van der Waals surface area contributed by atoms with E-state index in [-0.39, 0.29) is 17.7 Å². The van der Waals surface area contributed by atoms with Crippen LogP contribution in [0.4, 0.5) is 0 Å². The Labute approximate surface area is 240 Å². The first-order valence-corrected chi connectivity index (χ1v) is 14.4. The maximum atomic E-state index is 13.4. The van der Waals surface area contributed by atoms with Crippen molar-refractivity contribution < 1.29 is 14.2 Å². The van der Waals surface area contributed by atoms with E-state index in [2.05, 4.69) is 51.4 Å². The van der Waals surface area contributed by atoms with Gasteiger partial charge in [-0.2, -0.15) is 0 Å². The molecule has 2 unspecified atom stereocenters. The first-order chi connectivity index (χ1) is 19.9. The number of ether oxygens (including phenoxy) is 3. The zero-order chi connectivity index (χ0) is 28.9. The molecule has 0 amide bonds. The molecule has 2 aromatic carbocycles. The Morgan fingerprint density at radius 1 is 1.12 bits per heavy atom. The van der Waals surface area contributed by atoms with Crippen LogP contribution in [-0.2, 0) is 24.2 Å². The summed E-state index contributed by atoms with van der Waals surface area (Å²) in [6.07, 6.45) is 3.70. The highest BCUT2D eigenvalue weighted by Crippen LogP contribution is 2.30. The number of H-pyrrole nitrogens is 1. The number of tetrazole rings is 1. The Hall–Kier alpha value is -3.76. The van der Waals surface area contributed by atoms with Crippen molar-refractivity contribution in [3.8, 4) is 11.5 Å². The third-order valence-corrected chi connectivity index (χ3v) is 8.12. The van der Waals surface area contributed by atoms with Crippen molar-refractivity contribution in [1.82, 2.24) is 30.1 Å². The second-order valence-electron chi connectivity index (χ2n) is 10.8. The van der Waals surface area contributed by atoms with Crippen molar-refractivity contribution >= 4 is 10.9 Å². The Morgan fingerprint density at radius 2 is 1.93 bits per heavy atom. The van der Waals surface area contributed by atoms with Crippen LogP contribution >= 0.6 is 0 Å². The van der Waals surface area contributed by atoms with Crippen LogP contribution in [0.5, 0.6) is 11.5 Å². The van der Waals surface area contributed by atoms with Crippen LogP contribution in [0.15, 0.2) is 41.2 Å². The summed E-state index contributed by atoms with van der Waals surface area (Å²) in [6, 6.07) is 12.1. The summed E-state index contributed by atoms with van der Waals surface area (Å²) in [7, 11) is 3.28. The topological polar surface area (TPSA) is 107 Å². The van der Waals surface area contributed by atoms with Crippen molar-refractivity contribution in [3.63, 3.8) is 0 Å². The largest absolute Gasteiger partial charge is 0.493 e. The number of hydrogen-bond donors (Lipinski definition) is 1. The highest BCUT2D eigenvalue weighted by Gasteiger charge is 2.28. The molecule has 0 radical (unpaired) electrons. The van der Waals surface area contributed by atoms with Gasteiger partial charge in [-0.3, -0.25) is 9.69 Å². The summed E-state index contributed by atoms with van der Waals surface area (Å²) in [5.41, 5.74) is 4.83. The number of aromatic amines is 1. The molecule has 41 heavy (non-hydrogen) atoms. The molecular formula is C31H40N6O4. The standard InChI is InChI=1S/C31H40N6O4/c1-6-26(30-33-34-35-37(30)19-24-8-7-15-41-24)36(14-13-22-11-12-27(39-4)28(16-22)40-5)18-23-17-25-20(2)9-10-21(3)29(25)32-31(23)38/h9-12,16-17,24,26H,6-8,13-15,18-19H2,1-5H3,(H,32,38). The fraction of sp³-hybridized carbons (Fsp3) is 0.484. The third-order valence-electron chi connectivity index (χ3n) is 8.12. The minimum atomic E-state index is -0.0970. The van der Waals surface area contributed by atoms with Gasteiger partial charge in [-0.15, -0.1) is 5.10 Å². The van der Waals surface area contributed by atoms with Crippen LogP contribution < -0.4 is 15.0 Å². The molecule has 1 aliphatic rings. The molecule has 10 heteroatoms. The SMILES string of the molecule is CCC(c1nnnn1CC1CCCO1)N(CCc1ccc(OC)c(OC)c1)Cc1cc2c(C)ccc(C)c2[nH]c1=O. The van der Waals surface area contributed by atoms with Gasteiger partial charge < -0.3 is 19.2 Å². The van der Waals surface area contributed by atoms with Gasteiger partial charge in [0.2, 0.25) is 0 Å². The molecule has 0 saturated carbocycles. The number of methoxy groups -OCH3 is 2. The van der Waals surface area contributed by atoms with Crippen molar-refractivity contribution in [2.75, 3.05) is 27.4 Å². The van der Waals surface area contributed by atoms with E-state index < -0.39 is 0 Å². The first kappa shape index (κ1) is 28.8. The number of aryl methyl sites for hydroxylation is 2. The van der Waals surface area contributed by atoms with E-state index >= 15 is 0 Å². The second kappa shape index (κ2) is 12.8. The zero-order valence-electron chi connectivity index (χ0n) is 24.6. The molecule has 0 aliphatic carbocycles. The molecule has 3 heterocycles. The Balaban J connectivity index is 1.49. The minimum absolute atomic E-state index is 0.0730. The maximum absolute atomic E-state index is 13.4. The summed E-state index contributed by atoms with van der Waals surface area (Å²) in [5.74, 6) is 2.18. The zero-order valence-corrected chi connectivity index (χ0v) is 24.6. The summed E-state index contributed by atoms with van der Waals surface area (Å²) >= 11 is 0. The van der Waals surface area contributed by atoms with Crippen LogP contribution in [0.25, 0.3) is 10.9 Å². The molecule has 1 N–H and O–H groups in total. The van der Waals surface area contributed by atoms with Crippen LogP contribution in [0.1, 0.15) is 60.3 Å². The van der Waals surface area contributed by atoms with Crippen LogP contribution in [0, 0.1) is 13.8 Å². The highest BCUT2D eigenvalue weighted by molar-refractivity contribution is 5.85. The molecule has 1 fully saturated rings. The molecule has 1 aliphatic heterocycles. The van der Waals surface area contributed by atoms with Crippen molar-refractivity contribution in [2.24, 2.45) is 0 Å².